The van der Waals surface area contributed by atoms with Crippen LogP contribution in [0.25, 0.3) is 11.0 Å². The van der Waals surface area contributed by atoms with E-state index in [0.717, 1.165) is 0 Å². The highest BCUT2D eigenvalue weighted by atomic mass is 35.5. The predicted octanol–water partition coefficient (Wildman–Crippen LogP) is 4.19. The second kappa shape index (κ2) is 11.0. The topological polar surface area (TPSA) is 142 Å². The van der Waals surface area contributed by atoms with Crippen molar-refractivity contribution >= 4 is 57.8 Å². The first-order chi connectivity index (χ1) is 17.6. The molecule has 1 saturated carbocycles. The Kier molecular flexibility index (Phi) is 7.77. The van der Waals surface area contributed by atoms with Crippen molar-refractivity contribution in [2.24, 2.45) is 11.8 Å². The van der Waals surface area contributed by atoms with Crippen molar-refractivity contribution in [3.05, 3.63) is 52.9 Å². The van der Waals surface area contributed by atoms with Crippen LogP contribution in [0, 0.1) is 11.8 Å². The van der Waals surface area contributed by atoms with Crippen molar-refractivity contribution in [1.29, 1.82) is 0 Å². The number of aliphatic carboxylic acids is 1. The quantitative estimate of drug-likeness (QED) is 0.419. The van der Waals surface area contributed by atoms with Crippen molar-refractivity contribution in [3.8, 4) is 0 Å². The lowest BCUT2D eigenvalue weighted by atomic mass is 9.81. The Labute approximate surface area is 218 Å². The maximum Gasteiger partial charge on any atom is 0.307 e. The maximum atomic E-state index is 13.3. The number of hydrogen-bond acceptors (Lipinski definition) is 6. The van der Waals surface area contributed by atoms with Crippen LogP contribution in [0.2, 0.25) is 5.02 Å². The number of fused-ring (bicyclic) bond motifs is 1. The molecule has 2 aromatic heterocycles. The minimum atomic E-state index is -1.01. The average molecular weight is 527 g/mol. The highest BCUT2D eigenvalue weighted by Gasteiger charge is 2.32. The van der Waals surface area contributed by atoms with E-state index in [1.165, 1.54) is 12.3 Å². The summed E-state index contributed by atoms with van der Waals surface area (Å²) >= 11 is 5.86. The van der Waals surface area contributed by atoms with Crippen LogP contribution in [0.5, 0.6) is 0 Å². The summed E-state index contributed by atoms with van der Waals surface area (Å²) in [7, 11) is 3.44. The number of hydrogen-bond donors (Lipinski definition) is 3. The number of anilines is 2. The van der Waals surface area contributed by atoms with Gasteiger partial charge in [0.05, 0.1) is 11.4 Å². The van der Waals surface area contributed by atoms with E-state index in [-0.39, 0.29) is 47.3 Å². The van der Waals surface area contributed by atoms with Crippen molar-refractivity contribution in [1.82, 2.24) is 9.88 Å². The molecule has 11 heteroatoms. The van der Waals surface area contributed by atoms with Gasteiger partial charge >= 0.3 is 5.97 Å². The fraction of sp³-hybridized carbons (Fsp3) is 0.346. The van der Waals surface area contributed by atoms with Gasteiger partial charge in [-0.1, -0.05) is 17.7 Å². The van der Waals surface area contributed by atoms with Gasteiger partial charge < -0.3 is 25.1 Å². The average Bonchev–Trinajstić information content (AvgIpc) is 3.22. The second-order valence-corrected chi connectivity index (χ2v) is 9.73. The summed E-state index contributed by atoms with van der Waals surface area (Å²) in [6.07, 6.45) is 3.42. The Bertz CT molecular complexity index is 1340. The van der Waals surface area contributed by atoms with Crippen LogP contribution in [0.15, 0.2) is 40.9 Å². The van der Waals surface area contributed by atoms with E-state index < -0.39 is 11.9 Å². The molecule has 0 saturated heterocycles. The van der Waals surface area contributed by atoms with Gasteiger partial charge in [0.25, 0.3) is 5.91 Å². The molecule has 0 atom stereocenters. The number of amides is 3. The van der Waals surface area contributed by atoms with Crippen molar-refractivity contribution < 1.29 is 28.7 Å². The number of furan rings is 1. The molecule has 0 unspecified atom stereocenters. The number of carbonyl (C=O) groups excluding carboxylic acids is 3. The highest BCUT2D eigenvalue weighted by molar-refractivity contribution is 6.30. The van der Waals surface area contributed by atoms with E-state index >= 15 is 0 Å². The van der Waals surface area contributed by atoms with Crippen molar-refractivity contribution in [2.45, 2.75) is 32.1 Å². The van der Waals surface area contributed by atoms with Gasteiger partial charge in [-0.2, -0.15) is 0 Å². The van der Waals surface area contributed by atoms with Gasteiger partial charge in [-0.3, -0.25) is 19.2 Å². The zero-order valence-electron chi connectivity index (χ0n) is 20.4. The Morgan fingerprint density at radius 3 is 2.38 bits per heavy atom. The van der Waals surface area contributed by atoms with Crippen LogP contribution in [-0.4, -0.2) is 52.8 Å². The summed E-state index contributed by atoms with van der Waals surface area (Å²) in [6, 6.07) is 7.85. The first-order valence-corrected chi connectivity index (χ1v) is 12.2. The van der Waals surface area contributed by atoms with E-state index in [1.54, 1.807) is 43.3 Å². The first kappa shape index (κ1) is 26.2. The molecule has 1 aromatic carbocycles. The number of aromatic nitrogens is 1. The standard InChI is InChI=1S/C26H27ClN4O6/c1-31(2)26(36)16-6-4-15(5-7-16)24(34)30-22-18-11-14(12-21(32)33)3-9-19(18)37-23(22)25(35)29-20-10-8-17(27)13-28-20/h3,8-11,13,15-16H,4-7,12H2,1-2H3,(H,30,34)(H,32,33)(H,28,29,35)/t15-,16-. The lowest BCUT2D eigenvalue weighted by Gasteiger charge is -2.28. The van der Waals surface area contributed by atoms with Crippen LogP contribution >= 0.6 is 11.6 Å². The molecule has 4 rings (SSSR count). The SMILES string of the molecule is CN(C)C(=O)[C@H]1CC[C@H](C(=O)Nc2c(C(=O)Nc3ccc(Cl)cn3)oc3ccc(CC(=O)O)cc23)CC1. The monoisotopic (exact) mass is 526 g/mol. The molecule has 3 aromatic rings. The first-order valence-electron chi connectivity index (χ1n) is 11.8. The molecule has 0 radical (unpaired) electrons. The number of rotatable bonds is 7. The number of halogens is 1. The van der Waals surface area contributed by atoms with E-state index in [4.69, 9.17) is 16.0 Å². The molecule has 3 amide bonds. The van der Waals surface area contributed by atoms with E-state index in [2.05, 4.69) is 15.6 Å². The third-order valence-corrected chi connectivity index (χ3v) is 6.64. The third-order valence-electron chi connectivity index (χ3n) is 6.42. The van der Waals surface area contributed by atoms with Gasteiger partial charge in [0.1, 0.15) is 17.1 Å². The molecule has 1 aliphatic carbocycles. The number of carboxylic acid groups (broad SMARTS) is 1. The maximum absolute atomic E-state index is 13.3. The fourth-order valence-corrected chi connectivity index (χ4v) is 4.64. The van der Waals surface area contributed by atoms with Gasteiger partial charge in [-0.25, -0.2) is 4.98 Å². The van der Waals surface area contributed by atoms with E-state index in [9.17, 15) is 24.3 Å². The Hall–Kier alpha value is -3.92. The molecule has 194 valence electrons. The number of nitrogens with one attached hydrogen (secondary N) is 2. The highest BCUT2D eigenvalue weighted by Crippen LogP contribution is 2.35. The minimum absolute atomic E-state index is 0.0559. The normalized spacial score (nSPS) is 17.3. The number of nitrogens with zero attached hydrogens (tertiary/aromatic N) is 2. The van der Waals surface area contributed by atoms with Crippen LogP contribution in [-0.2, 0) is 20.8 Å². The largest absolute Gasteiger partial charge is 0.481 e. The zero-order chi connectivity index (χ0) is 26.7. The number of carbonyl (C=O) groups is 4. The number of pyridine rings is 1. The summed E-state index contributed by atoms with van der Waals surface area (Å²) in [6.45, 7) is 0. The number of carboxylic acids is 1. The molecule has 1 aliphatic rings. The smallest absolute Gasteiger partial charge is 0.307 e. The van der Waals surface area contributed by atoms with Crippen molar-refractivity contribution in [3.63, 3.8) is 0 Å². The summed E-state index contributed by atoms with van der Waals surface area (Å²) in [5.74, 6) is -2.23. The fourth-order valence-electron chi connectivity index (χ4n) is 4.53. The Morgan fingerprint density at radius 2 is 1.76 bits per heavy atom. The van der Waals surface area contributed by atoms with Crippen LogP contribution in [0.1, 0.15) is 41.8 Å². The second-order valence-electron chi connectivity index (χ2n) is 9.29. The molecule has 3 N–H and O–H groups in total. The molecular weight excluding hydrogens is 500 g/mol. The molecular formula is C26H27ClN4O6. The Morgan fingerprint density at radius 1 is 1.05 bits per heavy atom. The molecule has 0 aliphatic heterocycles. The van der Waals surface area contributed by atoms with E-state index in [0.29, 0.717) is 47.2 Å². The molecule has 1 fully saturated rings. The summed E-state index contributed by atoms with van der Waals surface area (Å²) in [5, 5.41) is 15.5. The van der Waals surface area contributed by atoms with Crippen molar-refractivity contribution in [2.75, 3.05) is 24.7 Å². The van der Waals surface area contributed by atoms with Gasteiger partial charge in [-0.05, 0) is 55.5 Å². The zero-order valence-corrected chi connectivity index (χ0v) is 21.2. The Balaban J connectivity index is 1.60. The summed E-state index contributed by atoms with van der Waals surface area (Å²) < 4.78 is 5.80. The molecule has 0 bridgehead atoms. The number of benzene rings is 1. The summed E-state index contributed by atoms with van der Waals surface area (Å²) in [5.41, 5.74) is 0.967. The van der Waals surface area contributed by atoms with E-state index in [1.807, 2.05) is 0 Å². The van der Waals surface area contributed by atoms with Gasteiger partial charge in [0, 0.05) is 37.5 Å². The van der Waals surface area contributed by atoms with Crippen LogP contribution < -0.4 is 10.6 Å². The third kappa shape index (κ3) is 6.08. The molecule has 0 spiro atoms. The lowest BCUT2D eigenvalue weighted by molar-refractivity contribution is -0.136. The lowest BCUT2D eigenvalue weighted by Crippen LogP contribution is -2.35. The van der Waals surface area contributed by atoms with Gasteiger partial charge in [-0.15, -0.1) is 0 Å². The van der Waals surface area contributed by atoms with Gasteiger partial charge in [0.2, 0.25) is 17.6 Å². The minimum Gasteiger partial charge on any atom is -0.481 e. The van der Waals surface area contributed by atoms with Gasteiger partial charge in [0.15, 0.2) is 0 Å². The van der Waals surface area contributed by atoms with Crippen LogP contribution in [0.3, 0.4) is 0 Å². The predicted molar refractivity (Wildman–Crippen MR) is 138 cm³/mol. The van der Waals surface area contributed by atoms with Crippen LogP contribution in [0.4, 0.5) is 11.5 Å². The molecule has 10 nitrogen and oxygen atoms in total. The molecule has 2 heterocycles. The molecule has 37 heavy (non-hydrogen) atoms. The summed E-state index contributed by atoms with van der Waals surface area (Å²) in [4.78, 5) is 55.5.